The van der Waals surface area contributed by atoms with Gasteiger partial charge >= 0.3 is 5.97 Å². The first-order chi connectivity index (χ1) is 3.75. The van der Waals surface area contributed by atoms with Gasteiger partial charge in [0.2, 0.25) is 0 Å². The molecule has 0 amide bonds. The average Bonchev–Trinajstić information content (AvgIpc) is 2.42. The molecule has 0 radical (unpaired) electrons. The van der Waals surface area contributed by atoms with Crippen molar-refractivity contribution in [2.45, 2.75) is 6.42 Å². The van der Waals surface area contributed by atoms with Crippen molar-refractivity contribution in [3.63, 3.8) is 0 Å². The number of allylic oxidation sites excluding steroid dienone is 1. The lowest BCUT2D eigenvalue weighted by Gasteiger charge is -1.81. The van der Waals surface area contributed by atoms with Crippen molar-refractivity contribution in [1.82, 2.24) is 0 Å². The molecule has 1 saturated carbocycles. The molecule has 1 aliphatic rings. The van der Waals surface area contributed by atoms with Gasteiger partial charge in [-0.25, -0.2) is 0 Å². The molecule has 0 aliphatic heterocycles. The fourth-order valence-electron chi connectivity index (χ4n) is 0.759. The van der Waals surface area contributed by atoms with Crippen molar-refractivity contribution in [1.29, 1.82) is 0 Å². The van der Waals surface area contributed by atoms with Gasteiger partial charge in [-0.15, -0.1) is 6.58 Å². The molecule has 8 heavy (non-hydrogen) atoms. The highest BCUT2D eigenvalue weighted by molar-refractivity contribution is 5.73. The van der Waals surface area contributed by atoms with Crippen LogP contribution in [-0.4, -0.2) is 11.1 Å². The van der Waals surface area contributed by atoms with Gasteiger partial charge in [0, 0.05) is 0 Å². The minimum absolute atomic E-state index is 0.118. The topological polar surface area (TPSA) is 37.3 Å². The van der Waals surface area contributed by atoms with E-state index in [-0.39, 0.29) is 11.8 Å². The molecule has 44 valence electrons. The Balaban J connectivity index is 2.36. The number of hydrogen-bond acceptors (Lipinski definition) is 1. The van der Waals surface area contributed by atoms with E-state index in [4.69, 9.17) is 5.11 Å². The molecule has 1 fully saturated rings. The first kappa shape index (κ1) is 5.35. The zero-order valence-corrected chi connectivity index (χ0v) is 4.50. The van der Waals surface area contributed by atoms with E-state index < -0.39 is 5.97 Å². The minimum atomic E-state index is -0.685. The maximum Gasteiger partial charge on any atom is 0.307 e. The fraction of sp³-hybridized carbons (Fsp3) is 0.500. The molecule has 1 rings (SSSR count). The van der Waals surface area contributed by atoms with E-state index in [9.17, 15) is 4.79 Å². The van der Waals surface area contributed by atoms with Crippen molar-refractivity contribution >= 4 is 5.97 Å². The Morgan fingerprint density at radius 1 is 1.88 bits per heavy atom. The summed E-state index contributed by atoms with van der Waals surface area (Å²) in [7, 11) is 0. The SMILES string of the molecule is C=C[C@@H]1CC1C(=O)O. The van der Waals surface area contributed by atoms with Crippen molar-refractivity contribution in [3.8, 4) is 0 Å². The Labute approximate surface area is 47.8 Å². The molecule has 1 N–H and O–H groups in total. The Bertz CT molecular complexity index is 128. The zero-order chi connectivity index (χ0) is 6.15. The van der Waals surface area contributed by atoms with E-state index in [0.29, 0.717) is 0 Å². The summed E-state index contributed by atoms with van der Waals surface area (Å²) in [4.78, 5) is 10.1. The normalized spacial score (nSPS) is 34.0. The predicted octanol–water partition coefficient (Wildman–Crippen LogP) is 0.893. The van der Waals surface area contributed by atoms with Crippen LogP contribution in [0.2, 0.25) is 0 Å². The van der Waals surface area contributed by atoms with Gasteiger partial charge < -0.3 is 5.11 Å². The summed E-state index contributed by atoms with van der Waals surface area (Å²) in [6, 6.07) is 0. The van der Waals surface area contributed by atoms with Crippen LogP contribution in [0.4, 0.5) is 0 Å². The largest absolute Gasteiger partial charge is 0.481 e. The van der Waals surface area contributed by atoms with Crippen molar-refractivity contribution in [2.24, 2.45) is 11.8 Å². The van der Waals surface area contributed by atoms with Crippen LogP contribution in [0.1, 0.15) is 6.42 Å². The highest BCUT2D eigenvalue weighted by Gasteiger charge is 2.40. The van der Waals surface area contributed by atoms with Crippen LogP contribution >= 0.6 is 0 Å². The average molecular weight is 112 g/mol. The minimum Gasteiger partial charge on any atom is -0.481 e. The number of carboxylic acid groups (broad SMARTS) is 1. The lowest BCUT2D eigenvalue weighted by molar-refractivity contribution is -0.138. The molecular weight excluding hydrogens is 104 g/mol. The van der Waals surface area contributed by atoms with E-state index in [1.54, 1.807) is 6.08 Å². The van der Waals surface area contributed by atoms with Crippen LogP contribution in [0.25, 0.3) is 0 Å². The molecule has 1 unspecified atom stereocenters. The van der Waals surface area contributed by atoms with E-state index in [1.165, 1.54) is 0 Å². The van der Waals surface area contributed by atoms with Crippen LogP contribution in [-0.2, 0) is 4.79 Å². The maximum absolute atomic E-state index is 10.1. The number of hydrogen-bond donors (Lipinski definition) is 1. The van der Waals surface area contributed by atoms with E-state index in [1.807, 2.05) is 0 Å². The number of rotatable bonds is 2. The van der Waals surface area contributed by atoms with Gasteiger partial charge in [0.05, 0.1) is 5.92 Å². The highest BCUT2D eigenvalue weighted by Crippen LogP contribution is 2.38. The van der Waals surface area contributed by atoms with Gasteiger partial charge in [-0.05, 0) is 12.3 Å². The van der Waals surface area contributed by atoms with Gasteiger partial charge in [-0.1, -0.05) is 6.08 Å². The molecule has 0 aromatic carbocycles. The van der Waals surface area contributed by atoms with Crippen LogP contribution in [0, 0.1) is 11.8 Å². The zero-order valence-electron chi connectivity index (χ0n) is 4.50. The molecule has 0 aromatic rings. The second-order valence-corrected chi connectivity index (χ2v) is 2.08. The summed E-state index contributed by atoms with van der Waals surface area (Å²) in [6.45, 7) is 3.49. The van der Waals surface area contributed by atoms with Gasteiger partial charge in [0.15, 0.2) is 0 Å². The molecule has 0 heterocycles. The van der Waals surface area contributed by atoms with E-state index >= 15 is 0 Å². The molecule has 0 spiro atoms. The van der Waals surface area contributed by atoms with Gasteiger partial charge in [0.25, 0.3) is 0 Å². The number of carbonyl (C=O) groups is 1. The smallest absolute Gasteiger partial charge is 0.307 e. The Morgan fingerprint density at radius 3 is 2.62 bits per heavy atom. The molecule has 0 bridgehead atoms. The van der Waals surface area contributed by atoms with Crippen LogP contribution in [0.15, 0.2) is 12.7 Å². The Hall–Kier alpha value is -0.790. The quantitative estimate of drug-likeness (QED) is 0.539. The Morgan fingerprint density at radius 2 is 2.50 bits per heavy atom. The van der Waals surface area contributed by atoms with Gasteiger partial charge in [-0.2, -0.15) is 0 Å². The third-order valence-corrected chi connectivity index (χ3v) is 1.46. The summed E-state index contributed by atoms with van der Waals surface area (Å²) >= 11 is 0. The third-order valence-electron chi connectivity index (χ3n) is 1.46. The first-order valence-corrected chi connectivity index (χ1v) is 2.61. The second-order valence-electron chi connectivity index (χ2n) is 2.08. The summed E-state index contributed by atoms with van der Waals surface area (Å²) in [6.07, 6.45) is 2.50. The fourth-order valence-corrected chi connectivity index (χ4v) is 0.759. The third kappa shape index (κ3) is 0.735. The van der Waals surface area contributed by atoms with Crippen molar-refractivity contribution < 1.29 is 9.90 Å². The first-order valence-electron chi connectivity index (χ1n) is 2.61. The Kier molecular flexibility index (Phi) is 1.08. The van der Waals surface area contributed by atoms with Crippen molar-refractivity contribution in [2.75, 3.05) is 0 Å². The lowest BCUT2D eigenvalue weighted by Crippen LogP contribution is -1.97. The molecule has 1 aliphatic carbocycles. The van der Waals surface area contributed by atoms with Crippen LogP contribution < -0.4 is 0 Å². The molecule has 2 heteroatoms. The highest BCUT2D eigenvalue weighted by atomic mass is 16.4. The van der Waals surface area contributed by atoms with Crippen molar-refractivity contribution in [3.05, 3.63) is 12.7 Å². The number of aliphatic carboxylic acids is 1. The van der Waals surface area contributed by atoms with Gasteiger partial charge in [0.1, 0.15) is 0 Å². The summed E-state index contributed by atoms with van der Waals surface area (Å²) in [5.41, 5.74) is 0. The lowest BCUT2D eigenvalue weighted by atomic mass is 10.3. The summed E-state index contributed by atoms with van der Waals surface area (Å²) < 4.78 is 0. The standard InChI is InChI=1S/C6H8O2/c1-2-4-3-5(4)6(7)8/h2,4-5H,1,3H2,(H,7,8)/t4-,5?/m1/s1. The molecular formula is C6H8O2. The maximum atomic E-state index is 10.1. The monoisotopic (exact) mass is 112 g/mol. The predicted molar refractivity (Wildman–Crippen MR) is 29.4 cm³/mol. The van der Waals surface area contributed by atoms with Gasteiger partial charge in [-0.3, -0.25) is 4.79 Å². The molecule has 2 atom stereocenters. The summed E-state index contributed by atoms with van der Waals surface area (Å²) in [5.74, 6) is -0.546. The molecule has 0 aromatic heterocycles. The summed E-state index contributed by atoms with van der Waals surface area (Å²) in [5, 5.41) is 8.31. The van der Waals surface area contributed by atoms with Crippen LogP contribution in [0.5, 0.6) is 0 Å². The van der Waals surface area contributed by atoms with E-state index in [0.717, 1.165) is 6.42 Å². The van der Waals surface area contributed by atoms with Crippen LogP contribution in [0.3, 0.4) is 0 Å². The number of carboxylic acids is 1. The van der Waals surface area contributed by atoms with E-state index in [2.05, 4.69) is 6.58 Å². The second kappa shape index (κ2) is 1.62. The molecule has 2 nitrogen and oxygen atoms in total. The molecule has 0 saturated heterocycles.